The first kappa shape index (κ1) is 29.7. The molecule has 2 saturated carbocycles. The van der Waals surface area contributed by atoms with Crippen LogP contribution in [0.5, 0.6) is 0 Å². The maximum absolute atomic E-state index is 12.4. The Hall–Kier alpha value is -1.88. The second kappa shape index (κ2) is 14.3. The molecule has 0 heterocycles. The van der Waals surface area contributed by atoms with Crippen molar-refractivity contribution in [1.82, 2.24) is 0 Å². The summed E-state index contributed by atoms with van der Waals surface area (Å²) < 4.78 is 6.17. The maximum Gasteiger partial charge on any atom is 0.306 e. The highest BCUT2D eigenvalue weighted by Gasteiger charge is 2.38. The normalized spacial score (nSPS) is 27.6. The molecule has 0 radical (unpaired) electrons. The van der Waals surface area contributed by atoms with Crippen LogP contribution in [0.25, 0.3) is 0 Å². The number of benzene rings is 1. The van der Waals surface area contributed by atoms with Crippen LogP contribution in [0.3, 0.4) is 0 Å². The van der Waals surface area contributed by atoms with Crippen LogP contribution < -0.4 is 0 Å². The molecule has 2 aliphatic carbocycles. The first-order chi connectivity index (χ1) is 17.6. The lowest BCUT2D eigenvalue weighted by Crippen LogP contribution is -2.35. The van der Waals surface area contributed by atoms with Gasteiger partial charge in [0.2, 0.25) is 0 Å². The van der Waals surface area contributed by atoms with Gasteiger partial charge in [-0.3, -0.25) is 9.59 Å². The van der Waals surface area contributed by atoms with Gasteiger partial charge in [-0.25, -0.2) is 0 Å². The minimum absolute atomic E-state index is 0.374. The summed E-state index contributed by atoms with van der Waals surface area (Å²) in [5.74, 6) is -0.0624. The number of hydrogen-bond acceptors (Lipinski definition) is 3. The van der Waals surface area contributed by atoms with Gasteiger partial charge in [0.25, 0.3) is 0 Å². The first-order valence-electron chi connectivity index (χ1n) is 14.7. The molecule has 2 N–H and O–H groups in total. The molecule has 0 amide bonds. The molecular weight excluding hydrogens is 464 g/mol. The van der Waals surface area contributed by atoms with E-state index >= 15 is 0 Å². The van der Waals surface area contributed by atoms with E-state index in [2.05, 4.69) is 20.8 Å². The molecule has 2 atom stereocenters. The maximum atomic E-state index is 12.4. The molecule has 2 fully saturated rings. The van der Waals surface area contributed by atoms with Crippen LogP contribution in [0.2, 0.25) is 0 Å². The summed E-state index contributed by atoms with van der Waals surface area (Å²) in [6, 6.07) is 9.97. The smallest absolute Gasteiger partial charge is 0.306 e. The fourth-order valence-electron chi connectivity index (χ4n) is 6.86. The Labute approximate surface area is 224 Å². The Bertz CT molecular complexity index is 777. The lowest BCUT2D eigenvalue weighted by molar-refractivity contribution is -0.146. The van der Waals surface area contributed by atoms with Gasteiger partial charge in [-0.1, -0.05) is 102 Å². The van der Waals surface area contributed by atoms with Crippen molar-refractivity contribution in [2.75, 3.05) is 6.61 Å². The van der Waals surface area contributed by atoms with Crippen molar-refractivity contribution in [3.8, 4) is 0 Å². The van der Waals surface area contributed by atoms with Crippen LogP contribution in [0, 0.1) is 40.9 Å². The number of ether oxygens (including phenoxy) is 1. The summed E-state index contributed by atoms with van der Waals surface area (Å²) in [7, 11) is 0. The zero-order valence-electron chi connectivity index (χ0n) is 23.4. The largest absolute Gasteiger partial charge is 0.481 e. The zero-order chi connectivity index (χ0) is 26.8. The average Bonchev–Trinajstić information content (AvgIpc) is 2.86. The number of hydrogen-bond donors (Lipinski definition) is 2. The Morgan fingerprint density at radius 3 is 1.65 bits per heavy atom. The predicted molar refractivity (Wildman–Crippen MR) is 147 cm³/mol. The molecule has 3 rings (SSSR count). The lowest BCUT2D eigenvalue weighted by Gasteiger charge is -2.37. The van der Waals surface area contributed by atoms with Gasteiger partial charge in [0.1, 0.15) is 0 Å². The highest BCUT2D eigenvalue weighted by atomic mass is 16.5. The van der Waals surface area contributed by atoms with E-state index in [1.165, 1.54) is 25.7 Å². The molecule has 208 valence electrons. The highest BCUT2D eigenvalue weighted by Crippen LogP contribution is 2.42. The van der Waals surface area contributed by atoms with Gasteiger partial charge in [-0.05, 0) is 60.3 Å². The van der Waals surface area contributed by atoms with E-state index in [1.54, 1.807) is 0 Å². The number of carbonyl (C=O) groups is 2. The van der Waals surface area contributed by atoms with Gasteiger partial charge < -0.3 is 14.9 Å². The molecular formula is C32H50O5. The first-order valence-corrected chi connectivity index (χ1v) is 14.7. The topological polar surface area (TPSA) is 83.8 Å². The molecule has 37 heavy (non-hydrogen) atoms. The van der Waals surface area contributed by atoms with E-state index in [9.17, 15) is 19.8 Å². The monoisotopic (exact) mass is 514 g/mol. The molecule has 0 aliphatic heterocycles. The van der Waals surface area contributed by atoms with Gasteiger partial charge >= 0.3 is 11.9 Å². The van der Waals surface area contributed by atoms with Gasteiger partial charge in [-0.15, -0.1) is 0 Å². The van der Waals surface area contributed by atoms with Crippen LogP contribution in [-0.2, 0) is 20.9 Å². The summed E-state index contributed by atoms with van der Waals surface area (Å²) in [6.45, 7) is 7.46. The van der Waals surface area contributed by atoms with Crippen molar-refractivity contribution in [1.29, 1.82) is 0 Å². The molecule has 0 saturated heterocycles. The van der Waals surface area contributed by atoms with Crippen molar-refractivity contribution in [2.24, 2.45) is 40.9 Å². The van der Waals surface area contributed by atoms with Crippen molar-refractivity contribution < 1.29 is 24.5 Å². The Kier molecular flexibility index (Phi) is 11.5. The third-order valence-electron chi connectivity index (χ3n) is 9.25. The van der Waals surface area contributed by atoms with Crippen molar-refractivity contribution >= 4 is 11.9 Å². The fraction of sp³-hybridized carbons (Fsp3) is 0.750. The lowest BCUT2D eigenvalue weighted by atomic mass is 9.69. The minimum atomic E-state index is -0.749. The zero-order valence-corrected chi connectivity index (χ0v) is 23.4. The fourth-order valence-corrected chi connectivity index (χ4v) is 6.86. The molecule has 2 aliphatic rings. The minimum Gasteiger partial charge on any atom is -0.481 e. The Balaban J connectivity index is 1.71. The molecule has 1 aromatic rings. The number of aliphatic carboxylic acids is 2. The molecule has 0 bridgehead atoms. The molecule has 0 spiro atoms. The van der Waals surface area contributed by atoms with E-state index in [0.29, 0.717) is 50.7 Å². The van der Waals surface area contributed by atoms with Crippen LogP contribution in [-0.4, -0.2) is 28.8 Å². The van der Waals surface area contributed by atoms with Gasteiger partial charge in [-0.2, -0.15) is 0 Å². The van der Waals surface area contributed by atoms with Crippen molar-refractivity contribution in [2.45, 2.75) is 104 Å². The average molecular weight is 515 g/mol. The van der Waals surface area contributed by atoms with Gasteiger partial charge in [0, 0.05) is 0 Å². The molecule has 1 aromatic carbocycles. The molecule has 5 nitrogen and oxygen atoms in total. The van der Waals surface area contributed by atoms with E-state index in [0.717, 1.165) is 43.1 Å². The van der Waals surface area contributed by atoms with Crippen LogP contribution in [0.1, 0.15) is 103 Å². The second-order valence-corrected chi connectivity index (χ2v) is 13.0. The molecule has 2 unspecified atom stereocenters. The Morgan fingerprint density at radius 1 is 0.811 bits per heavy atom. The van der Waals surface area contributed by atoms with E-state index in [1.807, 2.05) is 30.3 Å². The summed E-state index contributed by atoms with van der Waals surface area (Å²) in [6.07, 6.45) is 11.4. The van der Waals surface area contributed by atoms with E-state index in [4.69, 9.17) is 4.74 Å². The van der Waals surface area contributed by atoms with E-state index in [-0.39, 0.29) is 0 Å². The third kappa shape index (κ3) is 10.1. The second-order valence-electron chi connectivity index (χ2n) is 13.0. The van der Waals surface area contributed by atoms with E-state index < -0.39 is 29.2 Å². The molecule has 5 heteroatoms. The molecule has 0 aromatic heterocycles. The summed E-state index contributed by atoms with van der Waals surface area (Å²) in [5.41, 5.74) is 0.562. The summed E-state index contributed by atoms with van der Waals surface area (Å²) in [5, 5.41) is 20.4. The SMILES string of the molecule is CC1CCC(CC(CC(C)(COCc2ccccc2)CC(CC2CCC(C)CC2)C(=O)O)C(=O)O)CC1. The standard InChI is InChI=1S/C32H50O5/c1-23-9-13-25(14-10-23)17-28(30(33)34)19-32(3,22-37-21-27-7-5-4-6-8-27)20-29(31(35)36)18-26-15-11-24(2)12-16-26/h4-8,23-26,28-29H,9-22H2,1-3H3,(H,33,34)(H,35,36). The number of rotatable bonds is 14. The predicted octanol–water partition coefficient (Wildman–Crippen LogP) is 7.82. The number of carboxylic acid groups (broad SMARTS) is 2. The quantitative estimate of drug-likeness (QED) is 0.264. The van der Waals surface area contributed by atoms with Crippen molar-refractivity contribution in [3.63, 3.8) is 0 Å². The van der Waals surface area contributed by atoms with Crippen LogP contribution in [0.4, 0.5) is 0 Å². The Morgan fingerprint density at radius 2 is 1.24 bits per heavy atom. The number of carboxylic acids is 2. The summed E-state index contributed by atoms with van der Waals surface area (Å²) >= 11 is 0. The van der Waals surface area contributed by atoms with Gasteiger partial charge in [0.05, 0.1) is 25.0 Å². The summed E-state index contributed by atoms with van der Waals surface area (Å²) in [4.78, 5) is 24.8. The van der Waals surface area contributed by atoms with Crippen LogP contribution >= 0.6 is 0 Å². The third-order valence-corrected chi connectivity index (χ3v) is 9.25. The highest BCUT2D eigenvalue weighted by molar-refractivity contribution is 5.71. The van der Waals surface area contributed by atoms with Gasteiger partial charge in [0.15, 0.2) is 0 Å². The van der Waals surface area contributed by atoms with Crippen molar-refractivity contribution in [3.05, 3.63) is 35.9 Å². The van der Waals surface area contributed by atoms with Crippen LogP contribution in [0.15, 0.2) is 30.3 Å².